The van der Waals surface area contributed by atoms with Gasteiger partial charge >= 0.3 is 0 Å². The van der Waals surface area contributed by atoms with Gasteiger partial charge in [-0.2, -0.15) is 0 Å². The number of rotatable bonds is 14. The van der Waals surface area contributed by atoms with Crippen LogP contribution in [-0.4, -0.2) is 50.9 Å². The monoisotopic (exact) mass is 633 g/mol. The van der Waals surface area contributed by atoms with Crippen LogP contribution in [0.4, 0.5) is 5.69 Å². The zero-order chi connectivity index (χ0) is 31.5. The first-order valence-electron chi connectivity index (χ1n) is 14.4. The highest BCUT2D eigenvalue weighted by atomic mass is 35.5. The average Bonchev–Trinajstić information content (AvgIpc) is 3.03. The molecule has 230 valence electrons. The van der Waals surface area contributed by atoms with Gasteiger partial charge in [-0.05, 0) is 61.4 Å². The lowest BCUT2D eigenvalue weighted by atomic mass is 10.0. The van der Waals surface area contributed by atoms with Crippen molar-refractivity contribution < 1.29 is 22.7 Å². The van der Waals surface area contributed by atoms with Crippen molar-refractivity contribution in [1.82, 2.24) is 10.2 Å². The topological polar surface area (TPSA) is 96.0 Å². The number of halogens is 1. The SMILES string of the molecule is CCNC(=O)[C@@H](Cc1ccccc1)N(Cc1ccccc1)C(=O)CN(c1ccccc1OCC)S(=O)(=O)c1ccc(Cl)cc1. The van der Waals surface area contributed by atoms with Crippen LogP contribution in [0.3, 0.4) is 0 Å². The Hall–Kier alpha value is -4.34. The predicted molar refractivity (Wildman–Crippen MR) is 173 cm³/mol. The number of benzene rings is 4. The molecule has 0 unspecified atom stereocenters. The van der Waals surface area contributed by atoms with Crippen LogP contribution in [0.2, 0.25) is 5.02 Å². The number of hydrogen-bond donors (Lipinski definition) is 1. The second-order valence-corrected chi connectivity index (χ2v) is 12.3. The molecule has 44 heavy (non-hydrogen) atoms. The summed E-state index contributed by atoms with van der Waals surface area (Å²) in [6, 6.07) is 30.2. The quantitative estimate of drug-likeness (QED) is 0.192. The van der Waals surface area contributed by atoms with E-state index in [1.54, 1.807) is 31.2 Å². The zero-order valence-electron chi connectivity index (χ0n) is 24.7. The Morgan fingerprint density at radius 1 is 0.818 bits per heavy atom. The molecule has 0 heterocycles. The first-order valence-corrected chi connectivity index (χ1v) is 16.2. The molecule has 1 atom stereocenters. The van der Waals surface area contributed by atoms with Crippen molar-refractivity contribution in [3.05, 3.63) is 125 Å². The lowest BCUT2D eigenvalue weighted by Gasteiger charge is -2.34. The Labute approximate surface area is 264 Å². The van der Waals surface area contributed by atoms with Crippen LogP contribution < -0.4 is 14.4 Å². The highest BCUT2D eigenvalue weighted by molar-refractivity contribution is 7.92. The van der Waals surface area contributed by atoms with Gasteiger partial charge in [0.25, 0.3) is 10.0 Å². The molecule has 4 aromatic carbocycles. The summed E-state index contributed by atoms with van der Waals surface area (Å²) in [6.07, 6.45) is 0.241. The Balaban J connectivity index is 1.82. The minimum absolute atomic E-state index is 0.0415. The summed E-state index contributed by atoms with van der Waals surface area (Å²) >= 11 is 6.06. The molecule has 0 saturated carbocycles. The molecule has 0 aromatic heterocycles. The molecule has 8 nitrogen and oxygen atoms in total. The van der Waals surface area contributed by atoms with Crippen molar-refractivity contribution in [2.24, 2.45) is 0 Å². The van der Waals surface area contributed by atoms with Crippen molar-refractivity contribution in [2.75, 3.05) is 24.0 Å². The van der Waals surface area contributed by atoms with Gasteiger partial charge in [-0.1, -0.05) is 84.4 Å². The molecule has 0 aliphatic heterocycles. The van der Waals surface area contributed by atoms with Gasteiger partial charge in [0.1, 0.15) is 18.3 Å². The zero-order valence-corrected chi connectivity index (χ0v) is 26.3. The fourth-order valence-corrected chi connectivity index (χ4v) is 6.36. The minimum Gasteiger partial charge on any atom is -0.492 e. The van der Waals surface area contributed by atoms with E-state index < -0.39 is 28.5 Å². The summed E-state index contributed by atoms with van der Waals surface area (Å²) in [4.78, 5) is 29.4. The molecule has 4 aromatic rings. The van der Waals surface area contributed by atoms with Gasteiger partial charge < -0.3 is 15.0 Å². The first kappa shape index (κ1) is 32.6. The maximum absolute atomic E-state index is 14.5. The molecule has 0 fully saturated rings. The number of carbonyl (C=O) groups is 2. The maximum Gasteiger partial charge on any atom is 0.264 e. The molecule has 4 rings (SSSR count). The normalized spacial score (nSPS) is 11.8. The summed E-state index contributed by atoms with van der Waals surface area (Å²) in [7, 11) is -4.28. The maximum atomic E-state index is 14.5. The third-order valence-corrected chi connectivity index (χ3v) is 8.96. The number of likely N-dealkylation sites (N-methyl/N-ethyl adjacent to an activating group) is 1. The Morgan fingerprint density at radius 3 is 2.02 bits per heavy atom. The molecule has 0 bridgehead atoms. The number of anilines is 1. The van der Waals surface area contributed by atoms with Crippen LogP contribution in [-0.2, 0) is 32.6 Å². The fourth-order valence-electron chi connectivity index (χ4n) is 4.81. The smallest absolute Gasteiger partial charge is 0.264 e. The van der Waals surface area contributed by atoms with Crippen LogP contribution in [0, 0.1) is 0 Å². The van der Waals surface area contributed by atoms with Crippen molar-refractivity contribution in [1.29, 1.82) is 0 Å². The van der Waals surface area contributed by atoms with Crippen LogP contribution in [0.15, 0.2) is 114 Å². The van der Waals surface area contributed by atoms with Crippen LogP contribution in [0.5, 0.6) is 5.75 Å². The molecule has 0 aliphatic rings. The number of nitrogens with one attached hydrogen (secondary N) is 1. The standard InChI is InChI=1S/C34H36ClN3O5S/c1-3-36-34(40)31(23-26-13-7-5-8-14-26)37(24-27-15-9-6-10-16-27)33(39)25-38(30-17-11-12-18-32(30)43-4-2)44(41,42)29-21-19-28(35)20-22-29/h5-22,31H,3-4,23-25H2,1-2H3,(H,36,40)/t31-/m1/s1. The lowest BCUT2D eigenvalue weighted by Crippen LogP contribution is -2.53. The fraction of sp³-hybridized carbons (Fsp3) is 0.235. The molecule has 1 N–H and O–H groups in total. The van der Waals surface area contributed by atoms with E-state index in [9.17, 15) is 18.0 Å². The second kappa shape index (κ2) is 15.4. The van der Waals surface area contributed by atoms with E-state index in [1.807, 2.05) is 67.6 Å². The number of ether oxygens (including phenoxy) is 1. The van der Waals surface area contributed by atoms with E-state index in [2.05, 4.69) is 5.32 Å². The van der Waals surface area contributed by atoms with E-state index in [-0.39, 0.29) is 36.1 Å². The Bertz CT molecular complexity index is 1630. The molecule has 0 spiro atoms. The third-order valence-electron chi connectivity index (χ3n) is 6.93. The van der Waals surface area contributed by atoms with Crippen LogP contribution in [0.25, 0.3) is 0 Å². The Morgan fingerprint density at radius 2 is 1.41 bits per heavy atom. The molecular formula is C34H36ClN3O5S. The second-order valence-electron chi connectivity index (χ2n) is 9.97. The number of hydrogen-bond acceptors (Lipinski definition) is 5. The highest BCUT2D eigenvalue weighted by Crippen LogP contribution is 2.33. The largest absolute Gasteiger partial charge is 0.492 e. The van der Waals surface area contributed by atoms with Crippen LogP contribution in [0.1, 0.15) is 25.0 Å². The van der Waals surface area contributed by atoms with E-state index >= 15 is 0 Å². The molecule has 0 radical (unpaired) electrons. The van der Waals surface area contributed by atoms with E-state index in [1.165, 1.54) is 29.2 Å². The van der Waals surface area contributed by atoms with Crippen molar-refractivity contribution in [3.8, 4) is 5.75 Å². The number of carbonyl (C=O) groups excluding carboxylic acids is 2. The van der Waals surface area contributed by atoms with Gasteiger partial charge in [0, 0.05) is 24.5 Å². The molecule has 0 saturated heterocycles. The molecule has 0 aliphatic carbocycles. The summed E-state index contributed by atoms with van der Waals surface area (Å²) in [6.45, 7) is 3.78. The van der Waals surface area contributed by atoms with Gasteiger partial charge in [-0.3, -0.25) is 13.9 Å². The number of nitrogens with zero attached hydrogens (tertiary/aromatic N) is 2. The van der Waals surface area contributed by atoms with E-state index in [0.29, 0.717) is 17.3 Å². The van der Waals surface area contributed by atoms with Crippen molar-refractivity contribution in [3.63, 3.8) is 0 Å². The van der Waals surface area contributed by atoms with Gasteiger partial charge in [-0.15, -0.1) is 0 Å². The van der Waals surface area contributed by atoms with Crippen LogP contribution >= 0.6 is 11.6 Å². The first-order chi connectivity index (χ1) is 21.2. The predicted octanol–water partition coefficient (Wildman–Crippen LogP) is 5.71. The summed E-state index contributed by atoms with van der Waals surface area (Å²) in [5.41, 5.74) is 1.86. The Kier molecular flexibility index (Phi) is 11.4. The summed E-state index contributed by atoms with van der Waals surface area (Å²) in [5.74, 6) is -0.577. The molecule has 10 heteroatoms. The number of para-hydroxylation sites is 2. The third kappa shape index (κ3) is 8.18. The average molecular weight is 634 g/mol. The van der Waals surface area contributed by atoms with Gasteiger partial charge in [0.15, 0.2) is 0 Å². The van der Waals surface area contributed by atoms with E-state index in [4.69, 9.17) is 16.3 Å². The van der Waals surface area contributed by atoms with Crippen molar-refractivity contribution in [2.45, 2.75) is 37.8 Å². The molecular weight excluding hydrogens is 598 g/mol. The summed E-state index contributed by atoms with van der Waals surface area (Å²) < 4.78 is 35.2. The lowest BCUT2D eigenvalue weighted by molar-refractivity contribution is -0.140. The summed E-state index contributed by atoms with van der Waals surface area (Å²) in [5, 5.41) is 3.24. The van der Waals surface area contributed by atoms with Gasteiger partial charge in [0.05, 0.1) is 17.2 Å². The highest BCUT2D eigenvalue weighted by Gasteiger charge is 2.35. The minimum atomic E-state index is -4.28. The van der Waals surface area contributed by atoms with Gasteiger partial charge in [0.2, 0.25) is 11.8 Å². The molecule has 2 amide bonds. The van der Waals surface area contributed by atoms with Crippen molar-refractivity contribution >= 4 is 39.1 Å². The van der Waals surface area contributed by atoms with E-state index in [0.717, 1.165) is 15.4 Å². The number of sulfonamides is 1. The number of amides is 2. The van der Waals surface area contributed by atoms with Gasteiger partial charge in [-0.25, -0.2) is 8.42 Å².